The molecule has 1 fully saturated rings. The summed E-state index contributed by atoms with van der Waals surface area (Å²) >= 11 is 0. The fraction of sp³-hybridized carbons (Fsp3) is 0.367. The zero-order valence-electron chi connectivity index (χ0n) is 23.0. The summed E-state index contributed by atoms with van der Waals surface area (Å²) in [5.74, 6) is -0.871. The number of hydrogen-bond donors (Lipinski definition) is 3. The summed E-state index contributed by atoms with van der Waals surface area (Å²) in [6, 6.07) is 17.4. The number of pyridine rings is 1. The summed E-state index contributed by atoms with van der Waals surface area (Å²) < 4.78 is 10.7. The third-order valence-corrected chi connectivity index (χ3v) is 6.82. The van der Waals surface area contributed by atoms with Gasteiger partial charge >= 0.3 is 5.97 Å². The van der Waals surface area contributed by atoms with Gasteiger partial charge < -0.3 is 35.1 Å². The zero-order valence-corrected chi connectivity index (χ0v) is 23.0. The molecule has 9 nitrogen and oxygen atoms in total. The SMILES string of the molecule is COCCN(C)c1ccc(-c2cc(C(=O)O)nc(Nc3cccc(N4CCOCC4)c3)c2C(=N)C(C)C)cc1. The third kappa shape index (κ3) is 6.74. The van der Waals surface area contributed by atoms with Crippen LogP contribution in [0.25, 0.3) is 11.1 Å². The molecular weight excluding hydrogens is 494 g/mol. The highest BCUT2D eigenvalue weighted by atomic mass is 16.5. The van der Waals surface area contributed by atoms with Crippen molar-refractivity contribution in [3.05, 3.63) is 65.9 Å². The Bertz CT molecular complexity index is 1300. The number of rotatable bonds is 11. The molecule has 0 unspecified atom stereocenters. The van der Waals surface area contributed by atoms with E-state index in [1.807, 2.05) is 69.4 Å². The Balaban J connectivity index is 1.77. The minimum atomic E-state index is -1.13. The van der Waals surface area contributed by atoms with Crippen LogP contribution in [0.15, 0.2) is 54.6 Å². The molecule has 0 atom stereocenters. The molecule has 0 bridgehead atoms. The fourth-order valence-corrected chi connectivity index (χ4v) is 4.53. The topological polar surface area (TPSA) is 111 Å². The summed E-state index contributed by atoms with van der Waals surface area (Å²) in [4.78, 5) is 20.9. The van der Waals surface area contributed by atoms with Crippen molar-refractivity contribution in [2.75, 3.05) is 68.7 Å². The van der Waals surface area contributed by atoms with Gasteiger partial charge in [0.15, 0.2) is 5.69 Å². The molecule has 1 aliphatic rings. The highest BCUT2D eigenvalue weighted by Crippen LogP contribution is 2.34. The lowest BCUT2D eigenvalue weighted by Crippen LogP contribution is -2.36. The molecule has 0 saturated carbocycles. The number of likely N-dealkylation sites (N-methyl/N-ethyl adjacent to an activating group) is 1. The maximum atomic E-state index is 12.1. The van der Waals surface area contributed by atoms with Gasteiger partial charge in [-0.2, -0.15) is 0 Å². The van der Waals surface area contributed by atoms with Crippen LogP contribution < -0.4 is 15.1 Å². The number of morpholine rings is 1. The second-order valence-corrected chi connectivity index (χ2v) is 9.89. The minimum Gasteiger partial charge on any atom is -0.477 e. The van der Waals surface area contributed by atoms with Gasteiger partial charge in [-0.25, -0.2) is 9.78 Å². The second-order valence-electron chi connectivity index (χ2n) is 9.89. The molecule has 9 heteroatoms. The van der Waals surface area contributed by atoms with Crippen LogP contribution in [0.4, 0.5) is 22.9 Å². The predicted octanol–water partition coefficient (Wildman–Crippen LogP) is 5.13. The normalized spacial score (nSPS) is 13.4. The van der Waals surface area contributed by atoms with Crippen LogP contribution in [0.1, 0.15) is 29.9 Å². The Kier molecular flexibility index (Phi) is 9.16. The quantitative estimate of drug-likeness (QED) is 0.292. The van der Waals surface area contributed by atoms with E-state index < -0.39 is 5.97 Å². The Labute approximate surface area is 229 Å². The van der Waals surface area contributed by atoms with Crippen molar-refractivity contribution in [2.24, 2.45) is 5.92 Å². The van der Waals surface area contributed by atoms with Crippen molar-refractivity contribution < 1.29 is 19.4 Å². The number of carboxylic acids is 1. The summed E-state index contributed by atoms with van der Waals surface area (Å²) in [6.45, 7) is 8.24. The first kappa shape index (κ1) is 28.1. The molecule has 0 amide bonds. The first-order chi connectivity index (χ1) is 18.8. The van der Waals surface area contributed by atoms with Gasteiger partial charge in [-0.05, 0) is 53.4 Å². The van der Waals surface area contributed by atoms with Crippen LogP contribution in [-0.4, -0.2) is 75.4 Å². The molecule has 0 aliphatic carbocycles. The van der Waals surface area contributed by atoms with Crippen LogP contribution in [-0.2, 0) is 9.47 Å². The summed E-state index contributed by atoms with van der Waals surface area (Å²) in [6.07, 6.45) is 0. The average molecular weight is 532 g/mol. The van der Waals surface area contributed by atoms with Gasteiger partial charge in [0.2, 0.25) is 0 Å². The number of carboxylic acid groups (broad SMARTS) is 1. The van der Waals surface area contributed by atoms with E-state index in [-0.39, 0.29) is 11.6 Å². The fourth-order valence-electron chi connectivity index (χ4n) is 4.53. The van der Waals surface area contributed by atoms with Gasteiger partial charge in [0.05, 0.1) is 19.8 Å². The summed E-state index contributed by atoms with van der Waals surface area (Å²) in [5.41, 5.74) is 5.18. The van der Waals surface area contributed by atoms with Gasteiger partial charge in [-0.1, -0.05) is 32.0 Å². The van der Waals surface area contributed by atoms with Crippen molar-refractivity contribution in [3.8, 4) is 11.1 Å². The molecule has 39 heavy (non-hydrogen) atoms. The van der Waals surface area contributed by atoms with Crippen LogP contribution in [0.3, 0.4) is 0 Å². The molecule has 2 aromatic carbocycles. The van der Waals surface area contributed by atoms with Gasteiger partial charge in [0.25, 0.3) is 0 Å². The van der Waals surface area contributed by atoms with Crippen LogP contribution >= 0.6 is 0 Å². The first-order valence-electron chi connectivity index (χ1n) is 13.2. The van der Waals surface area contributed by atoms with E-state index in [2.05, 4.69) is 20.1 Å². The van der Waals surface area contributed by atoms with E-state index in [4.69, 9.17) is 14.9 Å². The van der Waals surface area contributed by atoms with Crippen molar-refractivity contribution >= 4 is 34.6 Å². The molecule has 3 aromatic rings. The smallest absolute Gasteiger partial charge is 0.354 e. The van der Waals surface area contributed by atoms with E-state index >= 15 is 0 Å². The number of aromatic carboxylic acids is 1. The minimum absolute atomic E-state index is 0.0848. The maximum Gasteiger partial charge on any atom is 0.354 e. The molecule has 1 aromatic heterocycles. The number of nitrogens with zero attached hydrogens (tertiary/aromatic N) is 3. The van der Waals surface area contributed by atoms with Gasteiger partial charge in [0, 0.05) is 62.1 Å². The van der Waals surface area contributed by atoms with Crippen LogP contribution in [0, 0.1) is 11.3 Å². The Hall–Kier alpha value is -3.95. The number of hydrogen-bond acceptors (Lipinski definition) is 8. The molecule has 1 aliphatic heterocycles. The molecule has 2 heterocycles. The number of anilines is 4. The van der Waals surface area contributed by atoms with Gasteiger partial charge in [-0.3, -0.25) is 0 Å². The average Bonchev–Trinajstić information content (AvgIpc) is 2.95. The Morgan fingerprint density at radius 2 is 1.90 bits per heavy atom. The number of methoxy groups -OCH3 is 1. The monoisotopic (exact) mass is 531 g/mol. The lowest BCUT2D eigenvalue weighted by atomic mass is 9.91. The number of benzene rings is 2. The molecule has 3 N–H and O–H groups in total. The molecule has 4 rings (SSSR count). The Morgan fingerprint density at radius 1 is 1.18 bits per heavy atom. The number of nitrogens with one attached hydrogen (secondary N) is 2. The largest absolute Gasteiger partial charge is 0.477 e. The molecule has 0 radical (unpaired) electrons. The first-order valence-corrected chi connectivity index (χ1v) is 13.2. The lowest BCUT2D eigenvalue weighted by Gasteiger charge is -2.29. The summed E-state index contributed by atoms with van der Waals surface area (Å²) in [7, 11) is 3.67. The van der Waals surface area contributed by atoms with E-state index in [1.165, 1.54) is 0 Å². The van der Waals surface area contributed by atoms with Crippen molar-refractivity contribution in [2.45, 2.75) is 13.8 Å². The number of carbonyl (C=O) groups is 1. The van der Waals surface area contributed by atoms with Gasteiger partial charge in [-0.15, -0.1) is 0 Å². The van der Waals surface area contributed by atoms with Crippen molar-refractivity contribution in [3.63, 3.8) is 0 Å². The van der Waals surface area contributed by atoms with Gasteiger partial charge in [0.1, 0.15) is 5.82 Å². The van der Waals surface area contributed by atoms with Crippen LogP contribution in [0.5, 0.6) is 0 Å². The standard InChI is InChI=1S/C30H37N5O4/c1-20(2)28(31)27-25(21-8-10-23(11-9-21)34(3)12-15-38-4)19-26(30(36)37)33-29(27)32-22-6-5-7-24(18-22)35-13-16-39-17-14-35/h5-11,18-20,31H,12-17H2,1-4H3,(H,32,33)(H,36,37). The third-order valence-electron chi connectivity index (χ3n) is 6.82. The lowest BCUT2D eigenvalue weighted by molar-refractivity contribution is 0.0690. The van der Waals surface area contributed by atoms with E-state index in [1.54, 1.807) is 13.2 Å². The molecule has 206 valence electrons. The maximum absolute atomic E-state index is 12.1. The Morgan fingerprint density at radius 3 is 2.54 bits per heavy atom. The van der Waals surface area contributed by atoms with E-state index in [0.717, 1.165) is 42.3 Å². The van der Waals surface area contributed by atoms with Crippen molar-refractivity contribution in [1.29, 1.82) is 5.41 Å². The zero-order chi connectivity index (χ0) is 27.9. The highest BCUT2D eigenvalue weighted by Gasteiger charge is 2.23. The van der Waals surface area contributed by atoms with E-state index in [9.17, 15) is 9.90 Å². The summed E-state index contributed by atoms with van der Waals surface area (Å²) in [5, 5.41) is 22.2. The van der Waals surface area contributed by atoms with Crippen LogP contribution in [0.2, 0.25) is 0 Å². The van der Waals surface area contributed by atoms with E-state index in [0.29, 0.717) is 42.5 Å². The predicted molar refractivity (Wildman–Crippen MR) is 156 cm³/mol. The molecule has 0 spiro atoms. The van der Waals surface area contributed by atoms with Crippen molar-refractivity contribution in [1.82, 2.24) is 4.98 Å². The molecule has 1 saturated heterocycles. The number of ether oxygens (including phenoxy) is 2. The molecular formula is C30H37N5O4. The second kappa shape index (κ2) is 12.7. The highest BCUT2D eigenvalue weighted by molar-refractivity contribution is 6.10. The number of aromatic nitrogens is 1.